The zero-order chi connectivity index (χ0) is 27.2. The molecule has 1 fully saturated rings. The summed E-state index contributed by atoms with van der Waals surface area (Å²) in [6.45, 7) is 7.15. The van der Waals surface area contributed by atoms with Crippen LogP contribution >= 0.6 is 0 Å². The van der Waals surface area contributed by atoms with Gasteiger partial charge in [0.25, 0.3) is 0 Å². The molecule has 12 heteroatoms. The highest BCUT2D eigenvalue weighted by molar-refractivity contribution is 6.07. The maximum absolute atomic E-state index is 13.0. The Balaban J connectivity index is 1.71. The van der Waals surface area contributed by atoms with Crippen LogP contribution in [0.3, 0.4) is 0 Å². The summed E-state index contributed by atoms with van der Waals surface area (Å²) < 4.78 is 60.2. The van der Waals surface area contributed by atoms with Gasteiger partial charge in [0, 0.05) is 37.2 Å². The third kappa shape index (κ3) is 7.22. The fourth-order valence-corrected chi connectivity index (χ4v) is 4.24. The number of carbonyl (C=O) groups excluding carboxylic acids is 3. The molecule has 37 heavy (non-hydrogen) atoms. The van der Waals surface area contributed by atoms with E-state index in [9.17, 15) is 27.6 Å². The van der Waals surface area contributed by atoms with Crippen molar-refractivity contribution in [3.8, 4) is 5.75 Å². The molecule has 0 spiro atoms. The first-order valence-electron chi connectivity index (χ1n) is 11.9. The fraction of sp³-hybridized carbons (Fsp3) is 0.560. The second-order valence-corrected chi connectivity index (χ2v) is 8.82. The number of halogens is 3. The van der Waals surface area contributed by atoms with Gasteiger partial charge in [-0.05, 0) is 32.3 Å². The number of benzene rings is 1. The van der Waals surface area contributed by atoms with E-state index in [1.165, 1.54) is 7.11 Å². The summed E-state index contributed by atoms with van der Waals surface area (Å²) in [6, 6.07) is 0. The number of anilines is 1. The third-order valence-corrected chi connectivity index (χ3v) is 6.33. The van der Waals surface area contributed by atoms with E-state index in [1.807, 2.05) is 5.32 Å². The largest absolute Gasteiger partial charge is 0.496 e. The number of amides is 1. The molecule has 3 rings (SSSR count). The van der Waals surface area contributed by atoms with E-state index in [-0.39, 0.29) is 54.6 Å². The number of fused-ring (bicyclic) bond motifs is 1. The Morgan fingerprint density at radius 2 is 1.89 bits per heavy atom. The molecule has 1 amide bonds. The minimum absolute atomic E-state index is 0.0515. The topological polar surface area (TPSA) is 103 Å². The molecule has 0 saturated carbocycles. The maximum atomic E-state index is 13.0. The second kappa shape index (κ2) is 12.4. The van der Waals surface area contributed by atoms with E-state index in [4.69, 9.17) is 18.9 Å². The first-order valence-corrected chi connectivity index (χ1v) is 11.9. The van der Waals surface area contributed by atoms with Crippen LogP contribution in [0.15, 0.2) is 11.6 Å². The Morgan fingerprint density at radius 3 is 2.54 bits per heavy atom. The summed E-state index contributed by atoms with van der Waals surface area (Å²) in [5, 5.41) is 1.85. The third-order valence-electron chi connectivity index (χ3n) is 6.33. The molecule has 204 valence electrons. The zero-order valence-electron chi connectivity index (χ0n) is 21.1. The van der Waals surface area contributed by atoms with Crippen LogP contribution in [0.2, 0.25) is 0 Å². The number of hydrogen-bond acceptors (Lipinski definition) is 8. The summed E-state index contributed by atoms with van der Waals surface area (Å²) in [5.41, 5.74) is 1.50. The van der Waals surface area contributed by atoms with Gasteiger partial charge >= 0.3 is 24.0 Å². The molecular weight excluding hydrogens is 497 g/mol. The number of allylic oxidation sites excluding steroid dienone is 2. The number of ether oxygens (including phenoxy) is 4. The lowest BCUT2D eigenvalue weighted by Crippen LogP contribution is -2.38. The molecule has 9 nitrogen and oxygen atoms in total. The molecule has 1 aromatic rings. The molecule has 0 radical (unpaired) electrons. The lowest BCUT2D eigenvalue weighted by Gasteiger charge is -2.26. The Labute approximate surface area is 212 Å². The van der Waals surface area contributed by atoms with Gasteiger partial charge in [-0.25, -0.2) is 4.79 Å². The number of cyclic esters (lactones) is 1. The first-order chi connectivity index (χ1) is 17.5. The van der Waals surface area contributed by atoms with Gasteiger partial charge in [-0.15, -0.1) is 0 Å². The first kappa shape index (κ1) is 28.5. The van der Waals surface area contributed by atoms with E-state index >= 15 is 0 Å². The Hall–Kier alpha value is -3.12. The van der Waals surface area contributed by atoms with Crippen LogP contribution < -0.4 is 10.1 Å². The van der Waals surface area contributed by atoms with Crippen molar-refractivity contribution in [1.82, 2.24) is 4.90 Å². The van der Waals surface area contributed by atoms with Crippen LogP contribution in [0, 0.1) is 6.92 Å². The maximum Gasteiger partial charge on any atom is 0.471 e. The van der Waals surface area contributed by atoms with Crippen LogP contribution in [0.5, 0.6) is 5.75 Å². The van der Waals surface area contributed by atoms with Crippen molar-refractivity contribution in [1.29, 1.82) is 0 Å². The fourth-order valence-electron chi connectivity index (χ4n) is 4.24. The SMILES string of the molecule is COc1c(C)c2c(c(NC(=O)C(F)(F)F)c1CC=C(C)CCC(=O)OCCN1CCOCC1)C(=O)OC2. The number of alkyl halides is 3. The quantitative estimate of drug-likeness (QED) is 0.365. The van der Waals surface area contributed by atoms with Gasteiger partial charge in [0.05, 0.1) is 31.6 Å². The van der Waals surface area contributed by atoms with Crippen LogP contribution in [0.4, 0.5) is 18.9 Å². The number of esters is 2. The predicted octanol–water partition coefficient (Wildman–Crippen LogP) is 3.32. The molecular formula is C25H31F3N2O7. The zero-order valence-corrected chi connectivity index (χ0v) is 21.1. The lowest BCUT2D eigenvalue weighted by atomic mass is 9.93. The van der Waals surface area contributed by atoms with Crippen molar-refractivity contribution in [2.75, 3.05) is 51.9 Å². The van der Waals surface area contributed by atoms with Gasteiger partial charge in [0.15, 0.2) is 0 Å². The minimum atomic E-state index is -5.15. The normalized spacial score (nSPS) is 16.3. The number of hydrogen-bond donors (Lipinski definition) is 1. The van der Waals surface area contributed by atoms with Gasteiger partial charge in [0.1, 0.15) is 19.0 Å². The highest BCUT2D eigenvalue weighted by atomic mass is 19.4. The minimum Gasteiger partial charge on any atom is -0.496 e. The van der Waals surface area contributed by atoms with Crippen molar-refractivity contribution in [3.63, 3.8) is 0 Å². The monoisotopic (exact) mass is 528 g/mol. The van der Waals surface area contributed by atoms with Gasteiger partial charge in [-0.1, -0.05) is 11.6 Å². The molecule has 0 unspecified atom stereocenters. The molecule has 0 atom stereocenters. The van der Waals surface area contributed by atoms with E-state index in [1.54, 1.807) is 19.9 Å². The van der Waals surface area contributed by atoms with E-state index in [0.717, 1.165) is 18.7 Å². The molecule has 0 aliphatic carbocycles. The smallest absolute Gasteiger partial charge is 0.471 e. The summed E-state index contributed by atoms with van der Waals surface area (Å²) in [6.07, 6.45) is -2.88. The highest BCUT2D eigenvalue weighted by Gasteiger charge is 2.41. The molecule has 1 saturated heterocycles. The molecule has 0 aromatic heterocycles. The summed E-state index contributed by atoms with van der Waals surface area (Å²) >= 11 is 0. The predicted molar refractivity (Wildman–Crippen MR) is 126 cm³/mol. The molecule has 2 heterocycles. The number of nitrogens with zero attached hydrogens (tertiary/aromatic N) is 1. The molecule has 2 aliphatic rings. The van der Waals surface area contributed by atoms with Crippen molar-refractivity contribution >= 4 is 23.5 Å². The number of morpholine rings is 1. The van der Waals surface area contributed by atoms with Gasteiger partial charge in [0.2, 0.25) is 0 Å². The van der Waals surface area contributed by atoms with Crippen LogP contribution in [0.1, 0.15) is 46.8 Å². The molecule has 1 aromatic carbocycles. The Morgan fingerprint density at radius 1 is 1.19 bits per heavy atom. The van der Waals surface area contributed by atoms with Crippen molar-refractivity contribution < 1.29 is 46.5 Å². The van der Waals surface area contributed by atoms with Gasteiger partial charge < -0.3 is 24.3 Å². The lowest BCUT2D eigenvalue weighted by molar-refractivity contribution is -0.167. The van der Waals surface area contributed by atoms with E-state index in [2.05, 4.69) is 4.90 Å². The number of rotatable bonds is 10. The van der Waals surface area contributed by atoms with Gasteiger partial charge in [-0.2, -0.15) is 13.2 Å². The summed E-state index contributed by atoms with van der Waals surface area (Å²) in [4.78, 5) is 38.4. The number of nitrogens with one attached hydrogen (secondary N) is 1. The standard InChI is InChI=1S/C25H31F3N2O7/c1-15(5-7-19(31)36-13-10-30-8-11-35-12-9-30)4-6-17-21(29-24(33)25(26,27)28)20-18(14-37-23(20)32)16(2)22(17)34-3/h4H,5-14H2,1-3H3,(H,29,33). The number of methoxy groups -OCH3 is 1. The molecule has 1 N–H and O–H groups in total. The van der Waals surface area contributed by atoms with Gasteiger partial charge in [-0.3, -0.25) is 14.5 Å². The molecule has 2 aliphatic heterocycles. The van der Waals surface area contributed by atoms with Crippen molar-refractivity contribution in [3.05, 3.63) is 33.9 Å². The van der Waals surface area contributed by atoms with Crippen LogP contribution in [-0.4, -0.2) is 75.5 Å². The Bertz CT molecular complexity index is 1060. The Kier molecular flexibility index (Phi) is 9.55. The summed E-state index contributed by atoms with van der Waals surface area (Å²) in [5.74, 6) is -3.13. The number of carbonyl (C=O) groups is 3. The highest BCUT2D eigenvalue weighted by Crippen LogP contribution is 2.42. The van der Waals surface area contributed by atoms with Crippen molar-refractivity contribution in [2.45, 2.75) is 45.9 Å². The van der Waals surface area contributed by atoms with E-state index in [0.29, 0.717) is 37.3 Å². The van der Waals surface area contributed by atoms with Crippen LogP contribution in [-0.2, 0) is 36.8 Å². The average molecular weight is 529 g/mol. The molecule has 0 bridgehead atoms. The van der Waals surface area contributed by atoms with Crippen LogP contribution in [0.25, 0.3) is 0 Å². The second-order valence-electron chi connectivity index (χ2n) is 8.82. The summed E-state index contributed by atoms with van der Waals surface area (Å²) in [7, 11) is 1.36. The average Bonchev–Trinajstić information content (AvgIpc) is 3.25. The van der Waals surface area contributed by atoms with E-state index < -0.39 is 18.1 Å². The van der Waals surface area contributed by atoms with Crippen molar-refractivity contribution in [2.24, 2.45) is 0 Å².